The number of nitrogens with zero attached hydrogens (tertiary/aromatic N) is 2. The van der Waals surface area contributed by atoms with E-state index in [1.54, 1.807) is 0 Å². The summed E-state index contributed by atoms with van der Waals surface area (Å²) in [6.45, 7) is 11.3. The lowest BCUT2D eigenvalue weighted by Crippen LogP contribution is -2.31. The summed E-state index contributed by atoms with van der Waals surface area (Å²) in [4.78, 5) is 6.68. The van der Waals surface area contributed by atoms with E-state index in [0.29, 0.717) is 6.04 Å². The second-order valence-corrected chi connectivity index (χ2v) is 5.11. The van der Waals surface area contributed by atoms with Gasteiger partial charge in [-0.25, -0.2) is 0 Å². The van der Waals surface area contributed by atoms with Crippen molar-refractivity contribution in [3.63, 3.8) is 0 Å². The highest BCUT2D eigenvalue weighted by Gasteiger charge is 2.10. The lowest BCUT2D eigenvalue weighted by molar-refractivity contribution is 0.201. The van der Waals surface area contributed by atoms with Crippen LogP contribution in [-0.4, -0.2) is 22.5 Å². The molecule has 0 atom stereocenters. The first-order valence-electron chi connectivity index (χ1n) is 6.22. The van der Waals surface area contributed by atoms with Crippen molar-refractivity contribution in [1.82, 2.24) is 9.88 Å². The molecular weight excluding hydrogens is 196 g/mol. The summed E-state index contributed by atoms with van der Waals surface area (Å²) < 4.78 is 0. The Morgan fingerprint density at radius 2 is 2.00 bits per heavy atom. The molecule has 0 aliphatic heterocycles. The van der Waals surface area contributed by atoms with E-state index < -0.39 is 0 Å². The molecule has 0 fully saturated rings. The number of rotatable bonds is 6. The highest BCUT2D eigenvalue weighted by molar-refractivity contribution is 5.08. The maximum atomic E-state index is 4.17. The van der Waals surface area contributed by atoms with Gasteiger partial charge in [0.25, 0.3) is 0 Å². The molecule has 1 rings (SSSR count). The molecule has 1 heterocycles. The van der Waals surface area contributed by atoms with Gasteiger partial charge in [0.05, 0.1) is 0 Å². The van der Waals surface area contributed by atoms with E-state index in [0.717, 1.165) is 12.5 Å². The zero-order valence-corrected chi connectivity index (χ0v) is 11.0. The minimum Gasteiger partial charge on any atom is -0.297 e. The largest absolute Gasteiger partial charge is 0.297 e. The van der Waals surface area contributed by atoms with E-state index in [-0.39, 0.29) is 0 Å². The Morgan fingerprint density at radius 1 is 1.25 bits per heavy atom. The molecule has 2 heteroatoms. The Bertz CT molecular complexity index is 280. The van der Waals surface area contributed by atoms with Crippen LogP contribution in [0.4, 0.5) is 0 Å². The molecule has 0 N–H and O–H groups in total. The normalized spacial score (nSPS) is 11.7. The first-order chi connectivity index (χ1) is 7.59. The zero-order valence-electron chi connectivity index (χ0n) is 11.0. The van der Waals surface area contributed by atoms with Crippen molar-refractivity contribution >= 4 is 0 Å². The number of pyridine rings is 1. The van der Waals surface area contributed by atoms with Crippen LogP contribution in [0.5, 0.6) is 0 Å². The molecule has 0 radical (unpaired) electrons. The predicted octanol–water partition coefficient (Wildman–Crippen LogP) is 3.34. The molecule has 2 nitrogen and oxygen atoms in total. The van der Waals surface area contributed by atoms with Crippen molar-refractivity contribution in [3.05, 3.63) is 30.1 Å². The summed E-state index contributed by atoms with van der Waals surface area (Å²) in [5.41, 5.74) is 1.31. The minimum absolute atomic E-state index is 0.596. The summed E-state index contributed by atoms with van der Waals surface area (Å²) in [7, 11) is 0. The lowest BCUT2D eigenvalue weighted by atomic mass is 10.1. The Hall–Kier alpha value is -0.890. The third-order valence-electron chi connectivity index (χ3n) is 2.83. The van der Waals surface area contributed by atoms with Gasteiger partial charge in [-0.1, -0.05) is 19.9 Å². The Kier molecular flexibility index (Phi) is 5.47. The van der Waals surface area contributed by atoms with Crippen molar-refractivity contribution in [2.75, 3.05) is 6.54 Å². The van der Waals surface area contributed by atoms with Crippen LogP contribution in [0.3, 0.4) is 0 Å². The fraction of sp³-hybridized carbons (Fsp3) is 0.643. The van der Waals surface area contributed by atoms with Gasteiger partial charge in [-0.05, 0) is 44.4 Å². The van der Waals surface area contributed by atoms with E-state index in [1.807, 2.05) is 18.5 Å². The quantitative estimate of drug-likeness (QED) is 0.731. The molecular formula is C14H24N2. The Morgan fingerprint density at radius 3 is 2.50 bits per heavy atom. The van der Waals surface area contributed by atoms with Crippen molar-refractivity contribution in [3.8, 4) is 0 Å². The van der Waals surface area contributed by atoms with Crippen LogP contribution in [0.25, 0.3) is 0 Å². The molecule has 0 bridgehead atoms. The maximum absolute atomic E-state index is 4.17. The molecule has 0 aromatic carbocycles. The molecule has 0 aliphatic carbocycles. The van der Waals surface area contributed by atoms with Crippen LogP contribution in [-0.2, 0) is 6.54 Å². The van der Waals surface area contributed by atoms with Gasteiger partial charge in [-0.3, -0.25) is 9.88 Å². The zero-order chi connectivity index (χ0) is 12.0. The van der Waals surface area contributed by atoms with E-state index in [1.165, 1.54) is 18.5 Å². The van der Waals surface area contributed by atoms with Crippen molar-refractivity contribution < 1.29 is 0 Å². The van der Waals surface area contributed by atoms with E-state index in [9.17, 15) is 0 Å². The number of hydrogen-bond acceptors (Lipinski definition) is 2. The number of aromatic nitrogens is 1. The molecule has 0 saturated heterocycles. The van der Waals surface area contributed by atoms with E-state index in [4.69, 9.17) is 0 Å². The lowest BCUT2D eigenvalue weighted by Gasteiger charge is -2.27. The molecule has 1 aromatic rings. The molecule has 0 unspecified atom stereocenters. The smallest absolute Gasteiger partial charge is 0.0312 e. The molecule has 0 saturated carbocycles. The van der Waals surface area contributed by atoms with Crippen LogP contribution in [0.2, 0.25) is 0 Å². The predicted molar refractivity (Wildman–Crippen MR) is 69.2 cm³/mol. The Balaban J connectivity index is 2.51. The second-order valence-electron chi connectivity index (χ2n) is 5.11. The molecule has 90 valence electrons. The SMILES string of the molecule is CC(C)CCN(Cc1cccnc1)C(C)C. The fourth-order valence-electron chi connectivity index (χ4n) is 1.67. The molecule has 0 aliphatic rings. The second kappa shape index (κ2) is 6.64. The first-order valence-corrected chi connectivity index (χ1v) is 6.22. The van der Waals surface area contributed by atoms with Gasteiger partial charge in [0.1, 0.15) is 0 Å². The molecule has 0 spiro atoms. The topological polar surface area (TPSA) is 16.1 Å². The van der Waals surface area contributed by atoms with Gasteiger partial charge in [0, 0.05) is 25.0 Å². The van der Waals surface area contributed by atoms with Gasteiger partial charge >= 0.3 is 0 Å². The van der Waals surface area contributed by atoms with Crippen LogP contribution >= 0.6 is 0 Å². The standard InChI is InChI=1S/C14H24N2/c1-12(2)7-9-16(13(3)4)11-14-6-5-8-15-10-14/h5-6,8,10,12-13H,7,9,11H2,1-4H3. The average molecular weight is 220 g/mol. The van der Waals surface area contributed by atoms with Crippen LogP contribution in [0.15, 0.2) is 24.5 Å². The van der Waals surface area contributed by atoms with Gasteiger partial charge in [-0.2, -0.15) is 0 Å². The van der Waals surface area contributed by atoms with Crippen molar-refractivity contribution in [1.29, 1.82) is 0 Å². The van der Waals surface area contributed by atoms with E-state index >= 15 is 0 Å². The third-order valence-corrected chi connectivity index (χ3v) is 2.83. The minimum atomic E-state index is 0.596. The maximum Gasteiger partial charge on any atom is 0.0312 e. The van der Waals surface area contributed by atoms with Crippen LogP contribution in [0.1, 0.15) is 39.7 Å². The Labute approximate surface area is 99.7 Å². The van der Waals surface area contributed by atoms with Gasteiger partial charge in [-0.15, -0.1) is 0 Å². The summed E-state index contributed by atoms with van der Waals surface area (Å²) in [6.07, 6.45) is 5.06. The summed E-state index contributed by atoms with van der Waals surface area (Å²) in [6, 6.07) is 4.76. The number of hydrogen-bond donors (Lipinski definition) is 0. The van der Waals surface area contributed by atoms with Gasteiger partial charge < -0.3 is 0 Å². The fourth-order valence-corrected chi connectivity index (χ4v) is 1.67. The summed E-state index contributed by atoms with van der Waals surface area (Å²) in [5.74, 6) is 0.773. The van der Waals surface area contributed by atoms with Crippen LogP contribution in [0, 0.1) is 5.92 Å². The summed E-state index contributed by atoms with van der Waals surface area (Å²) in [5, 5.41) is 0. The highest BCUT2D eigenvalue weighted by atomic mass is 15.1. The van der Waals surface area contributed by atoms with Gasteiger partial charge in [0.2, 0.25) is 0 Å². The van der Waals surface area contributed by atoms with Crippen LogP contribution < -0.4 is 0 Å². The highest BCUT2D eigenvalue weighted by Crippen LogP contribution is 2.10. The average Bonchev–Trinajstić information content (AvgIpc) is 2.25. The summed E-state index contributed by atoms with van der Waals surface area (Å²) >= 11 is 0. The molecule has 0 amide bonds. The van der Waals surface area contributed by atoms with Crippen molar-refractivity contribution in [2.24, 2.45) is 5.92 Å². The van der Waals surface area contributed by atoms with Gasteiger partial charge in [0.15, 0.2) is 0 Å². The first kappa shape index (κ1) is 13.2. The molecule has 1 aromatic heterocycles. The van der Waals surface area contributed by atoms with E-state index in [2.05, 4.69) is 43.6 Å². The third kappa shape index (κ3) is 4.75. The van der Waals surface area contributed by atoms with Crippen molar-refractivity contribution in [2.45, 2.75) is 46.7 Å². The molecule has 16 heavy (non-hydrogen) atoms. The monoisotopic (exact) mass is 220 g/mol.